The maximum absolute atomic E-state index is 13.0. The zero-order valence-corrected chi connectivity index (χ0v) is 18.2. The number of anilines is 1. The molecular weight excluding hydrogens is 386 g/mol. The van der Waals surface area contributed by atoms with Gasteiger partial charge in [-0.05, 0) is 61.4 Å². The number of benzene rings is 2. The highest BCUT2D eigenvalue weighted by Crippen LogP contribution is 2.37. The zero-order valence-electron chi connectivity index (χ0n) is 18.2. The number of rotatable bonds is 5. The van der Waals surface area contributed by atoms with Crippen molar-refractivity contribution in [2.24, 2.45) is 0 Å². The molecule has 2 saturated heterocycles. The van der Waals surface area contributed by atoms with Gasteiger partial charge in [-0.1, -0.05) is 37.3 Å². The monoisotopic (exact) mass is 417 g/mol. The second kappa shape index (κ2) is 8.46. The number of carbonyl (C=O) groups is 2. The molecule has 162 valence electrons. The Labute approximate surface area is 184 Å². The quantitative estimate of drug-likeness (QED) is 0.803. The van der Waals surface area contributed by atoms with Crippen LogP contribution in [0.4, 0.5) is 5.69 Å². The van der Waals surface area contributed by atoms with Gasteiger partial charge in [-0.15, -0.1) is 0 Å². The number of hydrogen-bond acceptors (Lipinski definition) is 3. The first-order valence-electron chi connectivity index (χ1n) is 11.7. The highest BCUT2D eigenvalue weighted by atomic mass is 16.2. The van der Waals surface area contributed by atoms with Gasteiger partial charge in [0.1, 0.15) is 0 Å². The number of amides is 2. The van der Waals surface area contributed by atoms with E-state index in [1.165, 1.54) is 18.4 Å². The average Bonchev–Trinajstić information content (AvgIpc) is 3.31. The van der Waals surface area contributed by atoms with E-state index in [1.807, 2.05) is 30.0 Å². The van der Waals surface area contributed by atoms with Crippen LogP contribution >= 0.6 is 0 Å². The lowest BCUT2D eigenvalue weighted by Crippen LogP contribution is -2.50. The van der Waals surface area contributed by atoms with Crippen LogP contribution in [0.5, 0.6) is 0 Å². The molecule has 2 amide bonds. The molecule has 31 heavy (non-hydrogen) atoms. The summed E-state index contributed by atoms with van der Waals surface area (Å²) in [5.74, 6) is 0.165. The fourth-order valence-corrected chi connectivity index (χ4v) is 5.71. The SMILES string of the molecule is CCC(=O)N1CCc2cc(C(=O)NC3CC4CCC(C3)N4Cc3ccccc3)ccc21. The summed E-state index contributed by atoms with van der Waals surface area (Å²) in [5, 5.41) is 3.31. The van der Waals surface area contributed by atoms with E-state index in [1.54, 1.807) is 0 Å². The van der Waals surface area contributed by atoms with Crippen LogP contribution in [0.2, 0.25) is 0 Å². The van der Waals surface area contributed by atoms with Crippen molar-refractivity contribution < 1.29 is 9.59 Å². The molecule has 3 heterocycles. The fraction of sp³-hybridized carbons (Fsp3) is 0.462. The van der Waals surface area contributed by atoms with Crippen molar-refractivity contribution in [2.75, 3.05) is 11.4 Å². The molecule has 5 rings (SSSR count). The number of fused-ring (bicyclic) bond motifs is 3. The molecule has 1 N–H and O–H groups in total. The minimum Gasteiger partial charge on any atom is -0.349 e. The van der Waals surface area contributed by atoms with E-state index in [0.717, 1.165) is 43.6 Å². The summed E-state index contributed by atoms with van der Waals surface area (Å²) >= 11 is 0. The van der Waals surface area contributed by atoms with E-state index in [0.29, 0.717) is 24.1 Å². The van der Waals surface area contributed by atoms with Gasteiger partial charge in [0, 0.05) is 48.9 Å². The van der Waals surface area contributed by atoms with E-state index in [9.17, 15) is 9.59 Å². The lowest BCUT2D eigenvalue weighted by Gasteiger charge is -2.39. The van der Waals surface area contributed by atoms with Crippen molar-refractivity contribution in [1.82, 2.24) is 10.2 Å². The molecule has 2 atom stereocenters. The van der Waals surface area contributed by atoms with Crippen LogP contribution in [-0.2, 0) is 17.8 Å². The minimum atomic E-state index is 0.0176. The van der Waals surface area contributed by atoms with Crippen LogP contribution in [0, 0.1) is 0 Å². The third-order valence-electron chi connectivity index (χ3n) is 7.27. The van der Waals surface area contributed by atoms with Gasteiger partial charge in [-0.2, -0.15) is 0 Å². The average molecular weight is 418 g/mol. The van der Waals surface area contributed by atoms with E-state index < -0.39 is 0 Å². The Morgan fingerprint density at radius 3 is 2.48 bits per heavy atom. The summed E-state index contributed by atoms with van der Waals surface area (Å²) < 4.78 is 0. The normalized spacial score (nSPS) is 24.8. The number of carbonyl (C=O) groups excluding carboxylic acids is 2. The molecule has 2 bridgehead atoms. The van der Waals surface area contributed by atoms with Gasteiger partial charge in [0.05, 0.1) is 0 Å². The Balaban J connectivity index is 1.22. The molecule has 2 aromatic rings. The molecule has 5 nitrogen and oxygen atoms in total. The Kier molecular flexibility index (Phi) is 5.53. The van der Waals surface area contributed by atoms with Crippen LogP contribution in [0.3, 0.4) is 0 Å². The summed E-state index contributed by atoms with van der Waals surface area (Å²) in [6, 6.07) is 17.8. The van der Waals surface area contributed by atoms with Gasteiger partial charge in [0.15, 0.2) is 0 Å². The molecule has 3 aliphatic rings. The second-order valence-corrected chi connectivity index (χ2v) is 9.18. The molecule has 2 fully saturated rings. The van der Waals surface area contributed by atoms with Crippen LogP contribution in [0.25, 0.3) is 0 Å². The third kappa shape index (κ3) is 3.99. The lowest BCUT2D eigenvalue weighted by molar-refractivity contribution is -0.118. The molecule has 0 saturated carbocycles. The summed E-state index contributed by atoms with van der Waals surface area (Å²) in [6.07, 6.45) is 5.84. The topological polar surface area (TPSA) is 52.7 Å². The van der Waals surface area contributed by atoms with Crippen molar-refractivity contribution in [3.05, 3.63) is 65.2 Å². The molecule has 5 heteroatoms. The minimum absolute atomic E-state index is 0.0176. The Morgan fingerprint density at radius 1 is 1.03 bits per heavy atom. The number of piperidine rings is 1. The first-order chi connectivity index (χ1) is 15.1. The van der Waals surface area contributed by atoms with Gasteiger partial charge in [-0.25, -0.2) is 0 Å². The predicted molar refractivity (Wildman–Crippen MR) is 122 cm³/mol. The van der Waals surface area contributed by atoms with Gasteiger partial charge < -0.3 is 10.2 Å². The number of nitrogens with one attached hydrogen (secondary N) is 1. The fourth-order valence-electron chi connectivity index (χ4n) is 5.71. The molecule has 0 aliphatic carbocycles. The number of hydrogen-bond donors (Lipinski definition) is 1. The second-order valence-electron chi connectivity index (χ2n) is 9.18. The van der Waals surface area contributed by atoms with Gasteiger partial charge >= 0.3 is 0 Å². The molecule has 2 unspecified atom stereocenters. The summed E-state index contributed by atoms with van der Waals surface area (Å²) in [5.41, 5.74) is 4.15. The van der Waals surface area contributed by atoms with Crippen LogP contribution in [0.15, 0.2) is 48.5 Å². The van der Waals surface area contributed by atoms with E-state index in [4.69, 9.17) is 0 Å². The van der Waals surface area contributed by atoms with E-state index in [-0.39, 0.29) is 17.9 Å². The Morgan fingerprint density at radius 2 is 1.77 bits per heavy atom. The van der Waals surface area contributed by atoms with Gasteiger partial charge in [-0.3, -0.25) is 14.5 Å². The van der Waals surface area contributed by atoms with E-state index >= 15 is 0 Å². The van der Waals surface area contributed by atoms with Crippen molar-refractivity contribution in [1.29, 1.82) is 0 Å². The van der Waals surface area contributed by atoms with Gasteiger partial charge in [0.2, 0.25) is 5.91 Å². The largest absolute Gasteiger partial charge is 0.349 e. The van der Waals surface area contributed by atoms with Crippen molar-refractivity contribution >= 4 is 17.5 Å². The maximum atomic E-state index is 13.0. The summed E-state index contributed by atoms with van der Waals surface area (Å²) in [6.45, 7) is 3.62. The maximum Gasteiger partial charge on any atom is 0.251 e. The van der Waals surface area contributed by atoms with Crippen molar-refractivity contribution in [3.63, 3.8) is 0 Å². The van der Waals surface area contributed by atoms with Crippen LogP contribution in [-0.4, -0.2) is 41.4 Å². The molecule has 0 spiro atoms. The van der Waals surface area contributed by atoms with Crippen LogP contribution < -0.4 is 10.2 Å². The Bertz CT molecular complexity index is 960. The third-order valence-corrected chi connectivity index (χ3v) is 7.27. The van der Waals surface area contributed by atoms with Crippen LogP contribution in [0.1, 0.15) is 60.5 Å². The summed E-state index contributed by atoms with van der Waals surface area (Å²) in [4.78, 5) is 29.6. The predicted octanol–water partition coefficient (Wildman–Crippen LogP) is 3.91. The Hall–Kier alpha value is -2.66. The molecule has 0 aromatic heterocycles. The standard InChI is InChI=1S/C26H31N3O2/c1-2-25(30)28-13-12-19-14-20(8-11-24(19)28)26(31)27-21-15-22-9-10-23(16-21)29(22)17-18-6-4-3-5-7-18/h3-8,11,14,21-23H,2,9-10,12-13,15-17H2,1H3,(H,27,31). The zero-order chi connectivity index (χ0) is 21.4. The van der Waals surface area contributed by atoms with E-state index in [2.05, 4.69) is 40.5 Å². The molecule has 3 aliphatic heterocycles. The first kappa shape index (κ1) is 20.3. The molecule has 0 radical (unpaired) electrons. The lowest BCUT2D eigenvalue weighted by atomic mass is 9.96. The van der Waals surface area contributed by atoms with Gasteiger partial charge in [0.25, 0.3) is 5.91 Å². The highest BCUT2D eigenvalue weighted by molar-refractivity contribution is 5.98. The highest BCUT2D eigenvalue weighted by Gasteiger charge is 2.41. The number of nitrogens with zero attached hydrogens (tertiary/aromatic N) is 2. The molecular formula is C26H31N3O2. The van der Waals surface area contributed by atoms with Crippen molar-refractivity contribution in [2.45, 2.75) is 70.1 Å². The summed E-state index contributed by atoms with van der Waals surface area (Å²) in [7, 11) is 0. The molecule has 2 aromatic carbocycles. The van der Waals surface area contributed by atoms with Crippen molar-refractivity contribution in [3.8, 4) is 0 Å². The smallest absolute Gasteiger partial charge is 0.251 e. The first-order valence-corrected chi connectivity index (χ1v) is 11.7.